The van der Waals surface area contributed by atoms with Crippen LogP contribution in [0.4, 0.5) is 17.1 Å². The van der Waals surface area contributed by atoms with Gasteiger partial charge >= 0.3 is 0 Å². The van der Waals surface area contributed by atoms with E-state index < -0.39 is 0 Å². The van der Waals surface area contributed by atoms with Crippen molar-refractivity contribution in [1.82, 2.24) is 9.80 Å². The fourth-order valence-corrected chi connectivity index (χ4v) is 3.57. The predicted molar refractivity (Wildman–Crippen MR) is 101 cm³/mol. The quantitative estimate of drug-likeness (QED) is 0.847. The summed E-state index contributed by atoms with van der Waals surface area (Å²) in [5, 5.41) is 4.21. The maximum atomic E-state index is 6.20. The van der Waals surface area contributed by atoms with Gasteiger partial charge in [0.1, 0.15) is 5.84 Å². The highest BCUT2D eigenvalue weighted by molar-refractivity contribution is 6.31. The van der Waals surface area contributed by atoms with E-state index in [1.807, 2.05) is 18.2 Å². The number of rotatable bonds is 1. The fourth-order valence-electron chi connectivity index (χ4n) is 3.41. The van der Waals surface area contributed by atoms with E-state index in [4.69, 9.17) is 16.6 Å². The highest BCUT2D eigenvalue weighted by Gasteiger charge is 2.29. The van der Waals surface area contributed by atoms with E-state index >= 15 is 0 Å². The first-order valence-corrected chi connectivity index (χ1v) is 8.65. The SMILES string of the molecule is CN(C)C1CCN(C2=Nc3cc(Cl)ccc3Nc3ccccc32)C1. The monoisotopic (exact) mass is 340 g/mol. The van der Waals surface area contributed by atoms with Crippen LogP contribution >= 0.6 is 11.6 Å². The number of nitrogens with zero attached hydrogens (tertiary/aromatic N) is 3. The molecule has 0 saturated carbocycles. The summed E-state index contributed by atoms with van der Waals surface area (Å²) in [7, 11) is 4.29. The zero-order valence-corrected chi connectivity index (χ0v) is 14.7. The molecule has 2 aromatic carbocycles. The smallest absolute Gasteiger partial charge is 0.138 e. The molecule has 2 aromatic rings. The topological polar surface area (TPSA) is 30.9 Å². The van der Waals surface area contributed by atoms with Crippen LogP contribution in [0.5, 0.6) is 0 Å². The van der Waals surface area contributed by atoms with E-state index in [1.54, 1.807) is 0 Å². The fraction of sp³-hybridized carbons (Fsp3) is 0.316. The van der Waals surface area contributed by atoms with Crippen molar-refractivity contribution in [2.75, 3.05) is 32.5 Å². The molecule has 5 heteroatoms. The number of aliphatic imine (C=N–C) groups is 1. The number of hydrogen-bond acceptors (Lipinski definition) is 4. The standard InChI is InChI=1S/C19H21ClN4/c1-23(2)14-9-10-24(12-14)19-15-5-3-4-6-16(15)21-17-8-7-13(20)11-18(17)22-19/h3-8,11,14,21H,9-10,12H2,1-2H3. The van der Waals surface area contributed by atoms with E-state index in [0.717, 1.165) is 48.0 Å². The first-order chi connectivity index (χ1) is 11.6. The minimum Gasteiger partial charge on any atom is -0.354 e. The maximum Gasteiger partial charge on any atom is 0.138 e. The third-order valence-corrected chi connectivity index (χ3v) is 5.05. The third kappa shape index (κ3) is 2.76. The summed E-state index contributed by atoms with van der Waals surface area (Å²) < 4.78 is 0. The van der Waals surface area contributed by atoms with Crippen LogP contribution in [0.15, 0.2) is 47.5 Å². The van der Waals surface area contributed by atoms with Crippen LogP contribution in [-0.2, 0) is 0 Å². The molecule has 1 N–H and O–H groups in total. The van der Waals surface area contributed by atoms with E-state index in [0.29, 0.717) is 11.1 Å². The zero-order valence-electron chi connectivity index (χ0n) is 14.0. The van der Waals surface area contributed by atoms with Crippen molar-refractivity contribution in [2.24, 2.45) is 4.99 Å². The van der Waals surface area contributed by atoms with E-state index in [2.05, 4.69) is 53.5 Å². The Labute approximate surface area is 147 Å². The first-order valence-electron chi connectivity index (χ1n) is 8.28. The Balaban J connectivity index is 1.81. The van der Waals surface area contributed by atoms with Crippen molar-refractivity contribution in [3.63, 3.8) is 0 Å². The minimum absolute atomic E-state index is 0.565. The Morgan fingerprint density at radius 3 is 2.79 bits per heavy atom. The van der Waals surface area contributed by atoms with Crippen LogP contribution in [0.25, 0.3) is 0 Å². The highest BCUT2D eigenvalue weighted by Crippen LogP contribution is 2.37. The average molecular weight is 341 g/mol. The lowest BCUT2D eigenvalue weighted by atomic mass is 10.1. The molecule has 1 saturated heterocycles. The summed E-state index contributed by atoms with van der Waals surface area (Å²) in [4.78, 5) is 9.68. The average Bonchev–Trinajstić information content (AvgIpc) is 3.00. The van der Waals surface area contributed by atoms with Crippen molar-refractivity contribution in [2.45, 2.75) is 12.5 Å². The molecule has 0 spiro atoms. The Morgan fingerprint density at radius 1 is 1.17 bits per heavy atom. The number of hydrogen-bond donors (Lipinski definition) is 1. The van der Waals surface area contributed by atoms with Gasteiger partial charge in [0.2, 0.25) is 0 Å². The second-order valence-electron chi connectivity index (χ2n) is 6.62. The van der Waals surface area contributed by atoms with Gasteiger partial charge in [-0.05, 0) is 50.8 Å². The van der Waals surface area contributed by atoms with Gasteiger partial charge in [-0.25, -0.2) is 4.99 Å². The van der Waals surface area contributed by atoms with E-state index in [1.165, 1.54) is 0 Å². The van der Waals surface area contributed by atoms with Crippen molar-refractivity contribution in [1.29, 1.82) is 0 Å². The molecule has 2 aliphatic rings. The maximum absolute atomic E-state index is 6.20. The molecule has 4 nitrogen and oxygen atoms in total. The minimum atomic E-state index is 0.565. The van der Waals surface area contributed by atoms with Gasteiger partial charge in [-0.1, -0.05) is 23.7 Å². The third-order valence-electron chi connectivity index (χ3n) is 4.82. The van der Waals surface area contributed by atoms with Gasteiger partial charge in [-0.3, -0.25) is 0 Å². The molecule has 4 rings (SSSR count). The summed E-state index contributed by atoms with van der Waals surface area (Å²) in [6, 6.07) is 14.7. The van der Waals surface area contributed by atoms with E-state index in [-0.39, 0.29) is 0 Å². The van der Waals surface area contributed by atoms with Gasteiger partial charge in [0, 0.05) is 35.4 Å². The lowest BCUT2D eigenvalue weighted by Gasteiger charge is -2.23. The number of fused-ring (bicyclic) bond motifs is 2. The summed E-state index contributed by atoms with van der Waals surface area (Å²) >= 11 is 6.20. The van der Waals surface area contributed by atoms with Gasteiger partial charge in [-0.15, -0.1) is 0 Å². The first kappa shape index (κ1) is 15.5. The Bertz CT molecular complexity index is 800. The van der Waals surface area contributed by atoms with Gasteiger partial charge in [0.15, 0.2) is 0 Å². The van der Waals surface area contributed by atoms with Crippen LogP contribution < -0.4 is 5.32 Å². The summed E-state index contributed by atoms with van der Waals surface area (Å²) in [6.45, 7) is 2.02. The van der Waals surface area contributed by atoms with Crippen LogP contribution in [0.3, 0.4) is 0 Å². The molecule has 0 bridgehead atoms. The van der Waals surface area contributed by atoms with E-state index in [9.17, 15) is 0 Å². The zero-order chi connectivity index (χ0) is 16.7. The van der Waals surface area contributed by atoms with Gasteiger partial charge in [-0.2, -0.15) is 0 Å². The molecular weight excluding hydrogens is 320 g/mol. The number of likely N-dealkylation sites (N-methyl/N-ethyl adjacent to an activating group) is 1. The number of benzene rings is 2. The Morgan fingerprint density at radius 2 is 2.00 bits per heavy atom. The van der Waals surface area contributed by atoms with Gasteiger partial charge in [0.05, 0.1) is 11.4 Å². The van der Waals surface area contributed by atoms with Crippen molar-refractivity contribution in [3.05, 3.63) is 53.1 Å². The molecule has 24 heavy (non-hydrogen) atoms. The Kier molecular flexibility index (Phi) is 3.94. The van der Waals surface area contributed by atoms with Gasteiger partial charge < -0.3 is 15.1 Å². The molecule has 0 radical (unpaired) electrons. The lowest BCUT2D eigenvalue weighted by Crippen LogP contribution is -2.35. The normalized spacial score (nSPS) is 19.4. The molecule has 0 aromatic heterocycles. The summed E-state index contributed by atoms with van der Waals surface area (Å²) in [5.41, 5.74) is 4.11. The number of para-hydroxylation sites is 1. The number of likely N-dealkylation sites (tertiary alicyclic amines) is 1. The second kappa shape index (κ2) is 6.11. The molecule has 2 heterocycles. The number of anilines is 2. The largest absolute Gasteiger partial charge is 0.354 e. The number of halogens is 1. The van der Waals surface area contributed by atoms with Crippen molar-refractivity contribution < 1.29 is 0 Å². The molecule has 2 aliphatic heterocycles. The molecule has 1 unspecified atom stereocenters. The molecular formula is C19H21ClN4. The number of amidine groups is 1. The van der Waals surface area contributed by atoms with Gasteiger partial charge in [0.25, 0.3) is 0 Å². The van der Waals surface area contributed by atoms with Crippen molar-refractivity contribution in [3.8, 4) is 0 Å². The second-order valence-corrected chi connectivity index (χ2v) is 7.06. The molecule has 0 amide bonds. The Hall–Kier alpha value is -2.04. The molecule has 0 aliphatic carbocycles. The summed E-state index contributed by atoms with van der Waals surface area (Å²) in [5.74, 6) is 1.03. The number of nitrogens with one attached hydrogen (secondary N) is 1. The lowest BCUT2D eigenvalue weighted by molar-refractivity contribution is 0.301. The summed E-state index contributed by atoms with van der Waals surface area (Å²) in [6.07, 6.45) is 1.16. The molecule has 1 atom stereocenters. The van der Waals surface area contributed by atoms with Crippen LogP contribution in [0.1, 0.15) is 12.0 Å². The highest BCUT2D eigenvalue weighted by atomic mass is 35.5. The van der Waals surface area contributed by atoms with Crippen LogP contribution in [0, 0.1) is 0 Å². The van der Waals surface area contributed by atoms with Crippen molar-refractivity contribution >= 4 is 34.5 Å². The van der Waals surface area contributed by atoms with Crippen LogP contribution in [0.2, 0.25) is 5.02 Å². The molecule has 1 fully saturated rings. The molecule has 124 valence electrons. The predicted octanol–water partition coefficient (Wildman–Crippen LogP) is 4.11. The van der Waals surface area contributed by atoms with Crippen LogP contribution in [-0.4, -0.2) is 48.9 Å².